The lowest BCUT2D eigenvalue weighted by Crippen LogP contribution is -2.39. The molecule has 1 aliphatic heterocycles. The molecule has 2 aromatic heterocycles. The second kappa shape index (κ2) is 7.65. The Morgan fingerprint density at radius 3 is 2.74 bits per heavy atom. The van der Waals surface area contributed by atoms with Crippen molar-refractivity contribution < 1.29 is 13.6 Å². The van der Waals surface area contributed by atoms with Crippen molar-refractivity contribution in [3.8, 4) is 0 Å². The summed E-state index contributed by atoms with van der Waals surface area (Å²) in [5.41, 5.74) is 0.959. The van der Waals surface area contributed by atoms with Crippen molar-refractivity contribution in [2.24, 2.45) is 0 Å². The molecule has 1 atom stereocenters. The van der Waals surface area contributed by atoms with Crippen molar-refractivity contribution in [3.63, 3.8) is 0 Å². The molecular formula is C20H19FN4O2. The summed E-state index contributed by atoms with van der Waals surface area (Å²) >= 11 is 0. The van der Waals surface area contributed by atoms with Gasteiger partial charge in [0.1, 0.15) is 11.6 Å². The third-order valence-corrected chi connectivity index (χ3v) is 4.68. The summed E-state index contributed by atoms with van der Waals surface area (Å²) in [5, 5.41) is 0. The average Bonchev–Trinajstić information content (AvgIpc) is 3.18. The fourth-order valence-corrected chi connectivity index (χ4v) is 3.31. The number of oxazole rings is 1. The van der Waals surface area contributed by atoms with Crippen LogP contribution in [0.4, 0.5) is 4.39 Å². The van der Waals surface area contributed by atoms with Crippen LogP contribution in [0.25, 0.3) is 0 Å². The van der Waals surface area contributed by atoms with E-state index in [1.165, 1.54) is 12.1 Å². The van der Waals surface area contributed by atoms with Crippen LogP contribution in [0.5, 0.6) is 0 Å². The lowest BCUT2D eigenvalue weighted by atomic mass is 9.98. The van der Waals surface area contributed by atoms with Gasteiger partial charge in [-0.3, -0.25) is 4.79 Å². The van der Waals surface area contributed by atoms with E-state index in [4.69, 9.17) is 4.42 Å². The van der Waals surface area contributed by atoms with Crippen LogP contribution in [0.15, 0.2) is 53.3 Å². The molecule has 0 bridgehead atoms. The summed E-state index contributed by atoms with van der Waals surface area (Å²) < 4.78 is 18.9. The van der Waals surface area contributed by atoms with Gasteiger partial charge in [-0.2, -0.15) is 0 Å². The Morgan fingerprint density at radius 1 is 1.19 bits per heavy atom. The Hall–Kier alpha value is -3.09. The van der Waals surface area contributed by atoms with Crippen LogP contribution in [0, 0.1) is 5.82 Å². The Morgan fingerprint density at radius 2 is 1.96 bits per heavy atom. The summed E-state index contributed by atoms with van der Waals surface area (Å²) in [7, 11) is 0. The number of hydrogen-bond acceptors (Lipinski definition) is 5. The van der Waals surface area contributed by atoms with Crippen molar-refractivity contribution in [2.45, 2.75) is 25.2 Å². The van der Waals surface area contributed by atoms with E-state index in [0.717, 1.165) is 24.2 Å². The highest BCUT2D eigenvalue weighted by Crippen LogP contribution is 2.27. The molecule has 0 unspecified atom stereocenters. The summed E-state index contributed by atoms with van der Waals surface area (Å²) in [4.78, 5) is 26.8. The molecule has 0 aliphatic carbocycles. The zero-order valence-electron chi connectivity index (χ0n) is 14.7. The van der Waals surface area contributed by atoms with Gasteiger partial charge in [0.2, 0.25) is 5.82 Å². The number of likely N-dealkylation sites (tertiary alicyclic amines) is 1. The predicted octanol–water partition coefficient (Wildman–Crippen LogP) is 3.21. The van der Waals surface area contributed by atoms with Crippen LogP contribution in [-0.4, -0.2) is 38.8 Å². The SMILES string of the molecule is O=C(c1ncccn1)N1CCC[C@@H](c2ncc(Cc3ccc(F)cc3)o2)C1. The van der Waals surface area contributed by atoms with Gasteiger partial charge in [-0.05, 0) is 36.6 Å². The number of benzene rings is 1. The zero-order chi connectivity index (χ0) is 18.6. The maximum Gasteiger partial charge on any atom is 0.291 e. The molecule has 3 heterocycles. The maximum atomic E-state index is 13.0. The number of amides is 1. The van der Waals surface area contributed by atoms with E-state index in [9.17, 15) is 9.18 Å². The lowest BCUT2D eigenvalue weighted by Gasteiger charge is -2.30. The van der Waals surface area contributed by atoms with Gasteiger partial charge < -0.3 is 9.32 Å². The molecule has 0 N–H and O–H groups in total. The Bertz CT molecular complexity index is 911. The topological polar surface area (TPSA) is 72.1 Å². The lowest BCUT2D eigenvalue weighted by molar-refractivity contribution is 0.0685. The molecule has 1 saturated heterocycles. The summed E-state index contributed by atoms with van der Waals surface area (Å²) in [5.74, 6) is 1.20. The number of aromatic nitrogens is 3. The number of nitrogens with zero attached hydrogens (tertiary/aromatic N) is 4. The molecule has 0 radical (unpaired) electrons. The smallest absolute Gasteiger partial charge is 0.291 e. The van der Waals surface area contributed by atoms with E-state index in [1.807, 2.05) is 0 Å². The third kappa shape index (κ3) is 4.02. The van der Waals surface area contributed by atoms with Gasteiger partial charge >= 0.3 is 0 Å². The quantitative estimate of drug-likeness (QED) is 0.709. The minimum absolute atomic E-state index is 0.0494. The first kappa shape index (κ1) is 17.3. The Labute approximate surface area is 156 Å². The molecule has 4 rings (SSSR count). The van der Waals surface area contributed by atoms with E-state index in [2.05, 4.69) is 15.0 Å². The van der Waals surface area contributed by atoms with Crippen LogP contribution in [0.2, 0.25) is 0 Å². The number of halogens is 1. The van der Waals surface area contributed by atoms with E-state index in [-0.39, 0.29) is 23.5 Å². The van der Waals surface area contributed by atoms with Crippen molar-refractivity contribution in [1.29, 1.82) is 0 Å². The second-order valence-corrected chi connectivity index (χ2v) is 6.63. The number of carbonyl (C=O) groups is 1. The number of rotatable bonds is 4. The number of carbonyl (C=O) groups excluding carboxylic acids is 1. The highest BCUT2D eigenvalue weighted by molar-refractivity contribution is 5.90. The Kier molecular flexibility index (Phi) is 4.91. The second-order valence-electron chi connectivity index (χ2n) is 6.63. The van der Waals surface area contributed by atoms with E-state index < -0.39 is 0 Å². The van der Waals surface area contributed by atoms with Crippen LogP contribution < -0.4 is 0 Å². The Balaban J connectivity index is 1.43. The predicted molar refractivity (Wildman–Crippen MR) is 95.6 cm³/mol. The molecule has 6 nitrogen and oxygen atoms in total. The molecular weight excluding hydrogens is 347 g/mol. The molecule has 3 aromatic rings. The molecule has 7 heteroatoms. The molecule has 138 valence electrons. The zero-order valence-corrected chi connectivity index (χ0v) is 14.7. The van der Waals surface area contributed by atoms with Crippen molar-refractivity contribution >= 4 is 5.91 Å². The van der Waals surface area contributed by atoms with Crippen LogP contribution in [0.1, 0.15) is 46.6 Å². The fraction of sp³-hybridized carbons (Fsp3) is 0.300. The van der Waals surface area contributed by atoms with Crippen molar-refractivity contribution in [1.82, 2.24) is 19.9 Å². The molecule has 0 saturated carbocycles. The van der Waals surface area contributed by atoms with Gasteiger partial charge in [0.05, 0.1) is 12.1 Å². The van der Waals surface area contributed by atoms with Crippen molar-refractivity contribution in [2.75, 3.05) is 13.1 Å². The summed E-state index contributed by atoms with van der Waals surface area (Å²) in [6, 6.07) is 8.02. The van der Waals surface area contributed by atoms with Gasteiger partial charge in [-0.25, -0.2) is 19.3 Å². The number of hydrogen-bond donors (Lipinski definition) is 0. The molecule has 1 aliphatic rings. The third-order valence-electron chi connectivity index (χ3n) is 4.68. The normalized spacial score (nSPS) is 17.1. The molecule has 1 fully saturated rings. The first-order valence-corrected chi connectivity index (χ1v) is 8.94. The minimum atomic E-state index is -0.258. The standard InChI is InChI=1S/C20H19FN4O2/c21-16-6-4-14(5-7-16)11-17-12-24-19(27-17)15-3-1-10-25(13-15)20(26)18-22-8-2-9-23-18/h2,4-9,12,15H,1,3,10-11,13H2/t15-/m1/s1. The highest BCUT2D eigenvalue weighted by atomic mass is 19.1. The first-order valence-electron chi connectivity index (χ1n) is 8.94. The van der Waals surface area contributed by atoms with Gasteiger partial charge in [-0.1, -0.05) is 12.1 Å². The molecule has 1 amide bonds. The molecule has 27 heavy (non-hydrogen) atoms. The highest BCUT2D eigenvalue weighted by Gasteiger charge is 2.29. The van der Waals surface area contributed by atoms with Gasteiger partial charge in [-0.15, -0.1) is 0 Å². The van der Waals surface area contributed by atoms with Crippen LogP contribution in [-0.2, 0) is 6.42 Å². The van der Waals surface area contributed by atoms with Crippen molar-refractivity contribution in [3.05, 3.63) is 77.8 Å². The fourth-order valence-electron chi connectivity index (χ4n) is 3.31. The maximum absolute atomic E-state index is 13.0. The minimum Gasteiger partial charge on any atom is -0.445 e. The van der Waals surface area contributed by atoms with Gasteiger partial charge in [0, 0.05) is 31.9 Å². The van der Waals surface area contributed by atoms with Gasteiger partial charge in [0.15, 0.2) is 5.89 Å². The average molecular weight is 366 g/mol. The van der Waals surface area contributed by atoms with E-state index in [1.54, 1.807) is 41.7 Å². The van der Waals surface area contributed by atoms with E-state index in [0.29, 0.717) is 25.4 Å². The number of piperidine rings is 1. The largest absolute Gasteiger partial charge is 0.445 e. The molecule has 1 aromatic carbocycles. The molecule has 0 spiro atoms. The first-order chi connectivity index (χ1) is 13.2. The van der Waals surface area contributed by atoms with Gasteiger partial charge in [0.25, 0.3) is 5.91 Å². The summed E-state index contributed by atoms with van der Waals surface area (Å²) in [6.07, 6.45) is 7.18. The summed E-state index contributed by atoms with van der Waals surface area (Å²) in [6.45, 7) is 1.21. The van der Waals surface area contributed by atoms with E-state index >= 15 is 0 Å². The monoisotopic (exact) mass is 366 g/mol. The van der Waals surface area contributed by atoms with Crippen LogP contribution >= 0.6 is 0 Å². The van der Waals surface area contributed by atoms with Crippen LogP contribution in [0.3, 0.4) is 0 Å².